The van der Waals surface area contributed by atoms with Crippen LogP contribution in [-0.2, 0) is 16.6 Å². The lowest BCUT2D eigenvalue weighted by Crippen LogP contribution is -2.32. The zero-order chi connectivity index (χ0) is 22.7. The molecule has 0 N–H and O–H groups in total. The lowest BCUT2D eigenvalue weighted by atomic mass is 10.1. The van der Waals surface area contributed by atoms with Gasteiger partial charge in [0.2, 0.25) is 10.0 Å². The standard InChI is InChI=1S/C23H28N2O6S/c1-3-24(16-18-7-6-8-20-22(18)31-14-13-30-20)23(26)17-9-10-19(29-2)21(15-17)32(27,28)25-11-4-5-12-25/h6-10,15H,3-5,11-14,16H2,1-2H3. The van der Waals surface area contributed by atoms with Crippen LogP contribution in [0.1, 0.15) is 35.7 Å². The maximum atomic E-state index is 13.4. The topological polar surface area (TPSA) is 85.4 Å². The minimum atomic E-state index is -3.74. The van der Waals surface area contributed by atoms with Crippen molar-refractivity contribution in [2.45, 2.75) is 31.2 Å². The van der Waals surface area contributed by atoms with Crippen LogP contribution < -0.4 is 14.2 Å². The Hall–Kier alpha value is -2.78. The molecule has 0 aromatic heterocycles. The summed E-state index contributed by atoms with van der Waals surface area (Å²) in [5, 5.41) is 0. The first kappa shape index (κ1) is 22.4. The molecule has 0 radical (unpaired) electrons. The molecule has 1 amide bonds. The Kier molecular flexibility index (Phi) is 6.57. The number of hydrogen-bond donors (Lipinski definition) is 0. The first-order chi connectivity index (χ1) is 15.5. The Morgan fingerprint density at radius 2 is 1.88 bits per heavy atom. The molecule has 32 heavy (non-hydrogen) atoms. The molecule has 2 heterocycles. The van der Waals surface area contributed by atoms with Crippen LogP contribution in [0.4, 0.5) is 0 Å². The molecule has 2 aliphatic heterocycles. The molecule has 2 aliphatic rings. The Morgan fingerprint density at radius 3 is 2.59 bits per heavy atom. The molecule has 2 aromatic rings. The molecule has 1 fully saturated rings. The van der Waals surface area contributed by atoms with Crippen LogP contribution in [0.2, 0.25) is 0 Å². The van der Waals surface area contributed by atoms with Crippen molar-refractivity contribution >= 4 is 15.9 Å². The average molecular weight is 461 g/mol. The molecule has 9 heteroatoms. The van der Waals surface area contributed by atoms with Gasteiger partial charge in [-0.2, -0.15) is 4.31 Å². The van der Waals surface area contributed by atoms with E-state index < -0.39 is 10.0 Å². The monoisotopic (exact) mass is 460 g/mol. The second kappa shape index (κ2) is 9.38. The molecule has 0 aliphatic carbocycles. The van der Waals surface area contributed by atoms with Gasteiger partial charge < -0.3 is 19.1 Å². The molecule has 2 aromatic carbocycles. The largest absolute Gasteiger partial charge is 0.495 e. The fourth-order valence-corrected chi connectivity index (χ4v) is 5.75. The highest BCUT2D eigenvalue weighted by Crippen LogP contribution is 2.35. The molecule has 0 spiro atoms. The number of amides is 1. The number of sulfonamides is 1. The third kappa shape index (κ3) is 4.27. The van der Waals surface area contributed by atoms with Crippen molar-refractivity contribution in [2.75, 3.05) is 40.0 Å². The van der Waals surface area contributed by atoms with Crippen molar-refractivity contribution in [1.82, 2.24) is 9.21 Å². The fourth-order valence-electron chi connectivity index (χ4n) is 4.05. The second-order valence-corrected chi connectivity index (χ2v) is 9.64. The molecule has 1 saturated heterocycles. The number of para-hydroxylation sites is 1. The van der Waals surface area contributed by atoms with Gasteiger partial charge in [0, 0.05) is 37.3 Å². The smallest absolute Gasteiger partial charge is 0.254 e. The van der Waals surface area contributed by atoms with Gasteiger partial charge in [-0.25, -0.2) is 8.42 Å². The van der Waals surface area contributed by atoms with Crippen molar-refractivity contribution in [3.63, 3.8) is 0 Å². The highest BCUT2D eigenvalue weighted by atomic mass is 32.2. The molecule has 4 rings (SSSR count). The summed E-state index contributed by atoms with van der Waals surface area (Å²) in [5.41, 5.74) is 1.14. The third-order valence-electron chi connectivity index (χ3n) is 5.77. The van der Waals surface area contributed by atoms with Crippen molar-refractivity contribution in [2.24, 2.45) is 0 Å². The van der Waals surface area contributed by atoms with Crippen molar-refractivity contribution < 1.29 is 27.4 Å². The van der Waals surface area contributed by atoms with E-state index in [1.54, 1.807) is 17.0 Å². The van der Waals surface area contributed by atoms with E-state index in [2.05, 4.69) is 0 Å². The van der Waals surface area contributed by atoms with E-state index in [1.165, 1.54) is 17.5 Å². The van der Waals surface area contributed by atoms with Gasteiger partial charge in [0.1, 0.15) is 23.9 Å². The maximum absolute atomic E-state index is 13.4. The molecule has 8 nitrogen and oxygen atoms in total. The van der Waals surface area contributed by atoms with E-state index in [0.29, 0.717) is 56.5 Å². The van der Waals surface area contributed by atoms with Crippen molar-refractivity contribution in [1.29, 1.82) is 0 Å². The summed E-state index contributed by atoms with van der Waals surface area (Å²) in [4.78, 5) is 15.0. The quantitative estimate of drug-likeness (QED) is 0.632. The lowest BCUT2D eigenvalue weighted by molar-refractivity contribution is 0.0749. The minimum Gasteiger partial charge on any atom is -0.495 e. The molecular formula is C23H28N2O6S. The highest BCUT2D eigenvalue weighted by Gasteiger charge is 2.31. The van der Waals surface area contributed by atoms with Gasteiger partial charge in [0.25, 0.3) is 5.91 Å². The number of rotatable bonds is 7. The molecule has 172 valence electrons. The van der Waals surface area contributed by atoms with Crippen molar-refractivity contribution in [3.05, 3.63) is 47.5 Å². The van der Waals surface area contributed by atoms with Gasteiger partial charge in [-0.3, -0.25) is 4.79 Å². The van der Waals surface area contributed by atoms with Crippen LogP contribution in [0.5, 0.6) is 17.2 Å². The van der Waals surface area contributed by atoms with Crippen LogP contribution in [0, 0.1) is 0 Å². The predicted molar refractivity (Wildman–Crippen MR) is 119 cm³/mol. The number of methoxy groups -OCH3 is 1. The number of benzene rings is 2. The van der Waals surface area contributed by atoms with Crippen LogP contribution in [0.25, 0.3) is 0 Å². The maximum Gasteiger partial charge on any atom is 0.254 e. The summed E-state index contributed by atoms with van der Waals surface area (Å²) < 4.78 is 44.5. The van der Waals surface area contributed by atoms with Gasteiger partial charge >= 0.3 is 0 Å². The van der Waals surface area contributed by atoms with E-state index in [1.807, 2.05) is 25.1 Å². The zero-order valence-electron chi connectivity index (χ0n) is 18.4. The summed E-state index contributed by atoms with van der Waals surface area (Å²) in [6.07, 6.45) is 1.66. The Bertz CT molecular complexity index is 1100. The van der Waals surface area contributed by atoms with E-state index in [-0.39, 0.29) is 16.6 Å². The first-order valence-electron chi connectivity index (χ1n) is 10.8. The molecule has 0 bridgehead atoms. The first-order valence-corrected chi connectivity index (χ1v) is 12.2. The zero-order valence-corrected chi connectivity index (χ0v) is 19.2. The van der Waals surface area contributed by atoms with Gasteiger partial charge in [-0.05, 0) is 44.0 Å². The van der Waals surface area contributed by atoms with E-state index >= 15 is 0 Å². The Balaban J connectivity index is 1.63. The van der Waals surface area contributed by atoms with Gasteiger partial charge in [-0.1, -0.05) is 12.1 Å². The van der Waals surface area contributed by atoms with E-state index in [4.69, 9.17) is 14.2 Å². The molecular weight excluding hydrogens is 432 g/mol. The molecule has 0 atom stereocenters. The van der Waals surface area contributed by atoms with Gasteiger partial charge in [0.05, 0.1) is 7.11 Å². The number of hydrogen-bond acceptors (Lipinski definition) is 6. The number of carbonyl (C=O) groups excluding carboxylic acids is 1. The fraction of sp³-hybridized carbons (Fsp3) is 0.435. The number of fused-ring (bicyclic) bond motifs is 1. The second-order valence-electron chi connectivity index (χ2n) is 7.74. The van der Waals surface area contributed by atoms with E-state index in [0.717, 1.165) is 18.4 Å². The lowest BCUT2D eigenvalue weighted by Gasteiger charge is -2.26. The molecule has 0 unspecified atom stereocenters. The summed E-state index contributed by atoms with van der Waals surface area (Å²) >= 11 is 0. The Labute approximate surface area is 188 Å². The number of carbonyl (C=O) groups is 1. The summed E-state index contributed by atoms with van der Waals surface area (Å²) in [5.74, 6) is 1.29. The van der Waals surface area contributed by atoms with Crippen LogP contribution in [-0.4, -0.2) is 63.5 Å². The third-order valence-corrected chi connectivity index (χ3v) is 7.69. The summed E-state index contributed by atoms with van der Waals surface area (Å²) in [7, 11) is -2.31. The predicted octanol–water partition coefficient (Wildman–Crippen LogP) is 2.91. The SMILES string of the molecule is CCN(Cc1cccc2c1OCCO2)C(=O)c1ccc(OC)c(S(=O)(=O)N2CCCC2)c1. The number of ether oxygens (including phenoxy) is 3. The normalized spacial score (nSPS) is 16.1. The Morgan fingerprint density at radius 1 is 1.12 bits per heavy atom. The average Bonchev–Trinajstić information content (AvgIpc) is 3.38. The van der Waals surface area contributed by atoms with E-state index in [9.17, 15) is 13.2 Å². The van der Waals surface area contributed by atoms with Crippen molar-refractivity contribution in [3.8, 4) is 17.2 Å². The minimum absolute atomic E-state index is 0.0256. The summed E-state index contributed by atoms with van der Waals surface area (Å²) in [6.45, 7) is 4.56. The van der Waals surface area contributed by atoms with Crippen LogP contribution >= 0.6 is 0 Å². The number of nitrogens with zero attached hydrogens (tertiary/aromatic N) is 2. The van der Waals surface area contributed by atoms with Gasteiger partial charge in [0.15, 0.2) is 11.5 Å². The van der Waals surface area contributed by atoms with Crippen LogP contribution in [0.3, 0.4) is 0 Å². The van der Waals surface area contributed by atoms with Crippen LogP contribution in [0.15, 0.2) is 41.3 Å². The van der Waals surface area contributed by atoms with Gasteiger partial charge in [-0.15, -0.1) is 0 Å². The summed E-state index contributed by atoms with van der Waals surface area (Å²) in [6, 6.07) is 10.2. The molecule has 0 saturated carbocycles. The highest BCUT2D eigenvalue weighted by molar-refractivity contribution is 7.89.